The molecule has 0 radical (unpaired) electrons. The van der Waals surface area contributed by atoms with E-state index in [-0.39, 0.29) is 0 Å². The molecule has 1 unspecified atom stereocenters. The average Bonchev–Trinajstić information content (AvgIpc) is 3.43. The van der Waals surface area contributed by atoms with Gasteiger partial charge in [-0.05, 0) is 62.3 Å². The molecule has 1 saturated heterocycles. The van der Waals surface area contributed by atoms with Gasteiger partial charge in [0.15, 0.2) is 5.82 Å². The minimum atomic E-state index is 0.505. The third-order valence-electron chi connectivity index (χ3n) is 6.39. The van der Waals surface area contributed by atoms with Crippen LogP contribution in [-0.2, 0) is 11.3 Å². The van der Waals surface area contributed by atoms with E-state index in [0.717, 1.165) is 66.9 Å². The number of hydrogen-bond donors (Lipinski definition) is 0. The second-order valence-electron chi connectivity index (χ2n) is 8.44. The Morgan fingerprint density at radius 1 is 1.16 bits per heavy atom. The summed E-state index contributed by atoms with van der Waals surface area (Å²) in [5, 5.41) is 4.77. The molecule has 0 spiro atoms. The van der Waals surface area contributed by atoms with Gasteiger partial charge in [-0.3, -0.25) is 0 Å². The molecule has 0 N–H and O–H groups in total. The Kier molecular flexibility index (Phi) is 5.59. The lowest BCUT2D eigenvalue weighted by Crippen LogP contribution is -2.27. The first kappa shape index (κ1) is 20.0. The Balaban J connectivity index is 1.37. The lowest BCUT2D eigenvalue weighted by Gasteiger charge is -2.32. The molecule has 2 aliphatic rings. The second kappa shape index (κ2) is 8.67. The van der Waals surface area contributed by atoms with E-state index < -0.39 is 0 Å². The van der Waals surface area contributed by atoms with Gasteiger partial charge in [-0.1, -0.05) is 12.1 Å². The monoisotopic (exact) mass is 419 g/mol. The molecule has 4 heterocycles. The maximum absolute atomic E-state index is 5.62. The Hall–Kier alpha value is -2.93. The minimum Gasteiger partial charge on any atom is -0.495 e. The normalized spacial score (nSPS) is 19.6. The predicted octanol–water partition coefficient (Wildman–Crippen LogP) is 4.26. The molecule has 0 saturated carbocycles. The smallest absolute Gasteiger partial charge is 0.174 e. The van der Waals surface area contributed by atoms with Crippen molar-refractivity contribution in [3.05, 3.63) is 53.6 Å². The molecule has 0 aliphatic carbocycles. The zero-order chi connectivity index (χ0) is 21.2. The van der Waals surface area contributed by atoms with E-state index in [0.29, 0.717) is 11.8 Å². The summed E-state index contributed by atoms with van der Waals surface area (Å²) in [5.74, 6) is 3.91. The van der Waals surface area contributed by atoms with Crippen LogP contribution >= 0.6 is 0 Å². The standard InChI is InChI=1S/C24H29N5O2/c1-17-15-28(16-25-17)21-7-5-18(14-22(21)30-2)6-8-23-26-24-20(4-3-11-29(24)27-23)19-9-12-31-13-10-19/h5-8,14-16,19-20H,3-4,9-13H2,1-2H3. The van der Waals surface area contributed by atoms with Crippen molar-refractivity contribution in [2.75, 3.05) is 20.3 Å². The summed E-state index contributed by atoms with van der Waals surface area (Å²) in [4.78, 5) is 9.22. The fourth-order valence-electron chi connectivity index (χ4n) is 4.77. The highest BCUT2D eigenvalue weighted by atomic mass is 16.5. The molecule has 5 rings (SSSR count). The quantitative estimate of drug-likeness (QED) is 0.618. The van der Waals surface area contributed by atoms with Gasteiger partial charge in [-0.2, -0.15) is 5.10 Å². The molecule has 2 aliphatic heterocycles. The van der Waals surface area contributed by atoms with Gasteiger partial charge in [0.25, 0.3) is 0 Å². The van der Waals surface area contributed by atoms with E-state index in [2.05, 4.69) is 21.8 Å². The zero-order valence-corrected chi connectivity index (χ0v) is 18.2. The van der Waals surface area contributed by atoms with Crippen LogP contribution in [0.25, 0.3) is 17.8 Å². The average molecular weight is 420 g/mol. The maximum atomic E-state index is 5.62. The minimum absolute atomic E-state index is 0.505. The number of hydrogen-bond acceptors (Lipinski definition) is 5. The van der Waals surface area contributed by atoms with Gasteiger partial charge in [0.2, 0.25) is 0 Å². The number of ether oxygens (including phenoxy) is 2. The topological polar surface area (TPSA) is 67.0 Å². The molecule has 31 heavy (non-hydrogen) atoms. The Morgan fingerprint density at radius 2 is 2.03 bits per heavy atom. The van der Waals surface area contributed by atoms with Crippen LogP contribution in [-0.4, -0.2) is 44.6 Å². The lowest BCUT2D eigenvalue weighted by molar-refractivity contribution is 0.0531. The molecule has 162 valence electrons. The van der Waals surface area contributed by atoms with Crippen LogP contribution in [0.15, 0.2) is 30.7 Å². The summed E-state index contributed by atoms with van der Waals surface area (Å²) in [6, 6.07) is 6.15. The number of aryl methyl sites for hydroxylation is 2. The molecular formula is C24H29N5O2. The fourth-order valence-corrected chi connectivity index (χ4v) is 4.77. The molecule has 2 aromatic heterocycles. The summed E-state index contributed by atoms with van der Waals surface area (Å²) >= 11 is 0. The van der Waals surface area contributed by atoms with Crippen molar-refractivity contribution in [3.63, 3.8) is 0 Å². The Labute approximate surface area is 182 Å². The van der Waals surface area contributed by atoms with Crippen LogP contribution in [0.5, 0.6) is 5.75 Å². The van der Waals surface area contributed by atoms with Gasteiger partial charge in [-0.15, -0.1) is 0 Å². The van der Waals surface area contributed by atoms with E-state index in [9.17, 15) is 0 Å². The number of aromatic nitrogens is 5. The first-order valence-corrected chi connectivity index (χ1v) is 11.1. The van der Waals surface area contributed by atoms with Crippen molar-refractivity contribution >= 4 is 12.2 Å². The molecular weight excluding hydrogens is 390 g/mol. The van der Waals surface area contributed by atoms with Crippen molar-refractivity contribution in [1.82, 2.24) is 24.3 Å². The van der Waals surface area contributed by atoms with Crippen molar-refractivity contribution in [2.45, 2.75) is 45.1 Å². The first-order chi connectivity index (χ1) is 15.2. The van der Waals surface area contributed by atoms with Crippen LogP contribution in [0, 0.1) is 12.8 Å². The summed E-state index contributed by atoms with van der Waals surface area (Å²) < 4.78 is 15.3. The number of rotatable bonds is 5. The highest BCUT2D eigenvalue weighted by Gasteiger charge is 2.31. The molecule has 7 heteroatoms. The van der Waals surface area contributed by atoms with E-state index in [1.807, 2.05) is 35.9 Å². The largest absolute Gasteiger partial charge is 0.495 e. The van der Waals surface area contributed by atoms with Crippen molar-refractivity contribution in [3.8, 4) is 11.4 Å². The summed E-state index contributed by atoms with van der Waals surface area (Å²) in [6.07, 6.45) is 12.5. The fraction of sp³-hybridized carbons (Fsp3) is 0.458. The van der Waals surface area contributed by atoms with E-state index >= 15 is 0 Å². The van der Waals surface area contributed by atoms with Crippen molar-refractivity contribution in [2.24, 2.45) is 5.92 Å². The SMILES string of the molecule is COc1cc(C=Cc2nc3n(n2)CCCC3C2CCOCC2)ccc1-n1cnc(C)c1. The Morgan fingerprint density at radius 3 is 2.81 bits per heavy atom. The first-order valence-electron chi connectivity index (χ1n) is 11.1. The van der Waals surface area contributed by atoms with E-state index in [1.54, 1.807) is 13.4 Å². The number of imidazole rings is 1. The number of nitrogens with zero attached hydrogens (tertiary/aromatic N) is 5. The third kappa shape index (κ3) is 4.14. The van der Waals surface area contributed by atoms with Gasteiger partial charge in [0.05, 0.1) is 24.8 Å². The molecule has 7 nitrogen and oxygen atoms in total. The lowest BCUT2D eigenvalue weighted by atomic mass is 9.81. The molecule has 0 amide bonds. The predicted molar refractivity (Wildman–Crippen MR) is 119 cm³/mol. The van der Waals surface area contributed by atoms with Crippen LogP contribution in [0.3, 0.4) is 0 Å². The summed E-state index contributed by atoms with van der Waals surface area (Å²) in [6.45, 7) is 4.68. The zero-order valence-electron chi connectivity index (χ0n) is 18.2. The van der Waals surface area contributed by atoms with E-state index in [1.165, 1.54) is 12.8 Å². The van der Waals surface area contributed by atoms with Crippen LogP contribution in [0.4, 0.5) is 0 Å². The third-order valence-corrected chi connectivity index (χ3v) is 6.39. The molecule has 1 atom stereocenters. The van der Waals surface area contributed by atoms with Crippen molar-refractivity contribution < 1.29 is 9.47 Å². The van der Waals surface area contributed by atoms with Crippen molar-refractivity contribution in [1.29, 1.82) is 0 Å². The maximum Gasteiger partial charge on any atom is 0.174 e. The number of fused-ring (bicyclic) bond motifs is 1. The van der Waals surface area contributed by atoms with Gasteiger partial charge < -0.3 is 14.0 Å². The second-order valence-corrected chi connectivity index (χ2v) is 8.44. The molecule has 1 aromatic carbocycles. The number of benzene rings is 1. The summed E-state index contributed by atoms with van der Waals surface area (Å²) in [5.41, 5.74) is 2.99. The highest BCUT2D eigenvalue weighted by Crippen LogP contribution is 2.37. The van der Waals surface area contributed by atoms with E-state index in [4.69, 9.17) is 19.6 Å². The molecule has 3 aromatic rings. The Bertz CT molecular complexity index is 1080. The van der Waals surface area contributed by atoms with Gasteiger partial charge >= 0.3 is 0 Å². The van der Waals surface area contributed by atoms with Crippen LogP contribution in [0.2, 0.25) is 0 Å². The highest BCUT2D eigenvalue weighted by molar-refractivity contribution is 5.69. The molecule has 1 fully saturated rings. The summed E-state index contributed by atoms with van der Waals surface area (Å²) in [7, 11) is 1.69. The van der Waals surface area contributed by atoms with Gasteiger partial charge in [-0.25, -0.2) is 14.6 Å². The van der Waals surface area contributed by atoms with Gasteiger partial charge in [0, 0.05) is 31.9 Å². The molecule has 0 bridgehead atoms. The van der Waals surface area contributed by atoms with Crippen LogP contribution in [0.1, 0.15) is 54.5 Å². The van der Waals surface area contributed by atoms with Gasteiger partial charge in [0.1, 0.15) is 11.6 Å². The van der Waals surface area contributed by atoms with Crippen LogP contribution < -0.4 is 4.74 Å². The number of methoxy groups -OCH3 is 1.